The third-order valence-corrected chi connectivity index (χ3v) is 5.95. The predicted molar refractivity (Wildman–Crippen MR) is 122 cm³/mol. The van der Waals surface area contributed by atoms with Gasteiger partial charge in [-0.15, -0.1) is 0 Å². The summed E-state index contributed by atoms with van der Waals surface area (Å²) in [7, 11) is -3.83. The van der Waals surface area contributed by atoms with Crippen LogP contribution < -0.4 is 10.0 Å². The lowest BCUT2D eigenvalue weighted by atomic mass is 9.87. The highest BCUT2D eigenvalue weighted by Crippen LogP contribution is 2.23. The quantitative estimate of drug-likeness (QED) is 0.545. The van der Waals surface area contributed by atoms with Crippen molar-refractivity contribution in [2.75, 3.05) is 10.0 Å². The monoisotopic (exact) mass is 440 g/mol. The number of halogens is 1. The molecule has 0 fully saturated rings. The number of hydrogen-bond donors (Lipinski definition) is 2. The summed E-state index contributed by atoms with van der Waals surface area (Å²) >= 11 is 0. The molecule has 1 amide bonds. The molecular weight excluding hydrogens is 415 g/mol. The van der Waals surface area contributed by atoms with Gasteiger partial charge in [0.2, 0.25) is 10.0 Å². The maximum atomic E-state index is 13.8. The van der Waals surface area contributed by atoms with E-state index in [0.717, 1.165) is 5.56 Å². The largest absolute Gasteiger partial charge is 0.322 e. The molecule has 3 aromatic rings. The second-order valence-electron chi connectivity index (χ2n) is 8.31. The van der Waals surface area contributed by atoms with E-state index in [-0.39, 0.29) is 22.6 Å². The molecule has 0 atom stereocenters. The second kappa shape index (κ2) is 8.89. The number of anilines is 2. The van der Waals surface area contributed by atoms with Crippen LogP contribution in [0, 0.1) is 5.82 Å². The molecule has 0 heterocycles. The molecule has 0 aliphatic carbocycles. The van der Waals surface area contributed by atoms with E-state index in [0.29, 0.717) is 11.3 Å². The molecule has 3 aromatic carbocycles. The number of amides is 1. The van der Waals surface area contributed by atoms with Crippen LogP contribution in [0.15, 0.2) is 72.8 Å². The zero-order valence-corrected chi connectivity index (χ0v) is 18.5. The summed E-state index contributed by atoms with van der Waals surface area (Å²) in [4.78, 5) is 12.6. The number of rotatable bonds is 6. The first-order valence-corrected chi connectivity index (χ1v) is 11.4. The lowest BCUT2D eigenvalue weighted by Crippen LogP contribution is -2.16. The van der Waals surface area contributed by atoms with Crippen LogP contribution in [0.1, 0.15) is 42.3 Å². The highest BCUT2D eigenvalue weighted by atomic mass is 32.2. The van der Waals surface area contributed by atoms with Crippen LogP contribution in [0.25, 0.3) is 0 Å². The SMILES string of the molecule is CC(C)(C)c1ccc(C(=O)Nc2cccc(NS(=O)(=O)Cc3ccccc3F)c2)cc1. The Labute approximate surface area is 182 Å². The average molecular weight is 441 g/mol. The van der Waals surface area contributed by atoms with Crippen molar-refractivity contribution < 1.29 is 17.6 Å². The lowest BCUT2D eigenvalue weighted by Gasteiger charge is -2.19. The van der Waals surface area contributed by atoms with Gasteiger partial charge < -0.3 is 5.32 Å². The zero-order chi connectivity index (χ0) is 22.6. The van der Waals surface area contributed by atoms with Crippen molar-refractivity contribution in [1.29, 1.82) is 0 Å². The van der Waals surface area contributed by atoms with Gasteiger partial charge in [0, 0.05) is 16.8 Å². The molecule has 3 rings (SSSR count). The van der Waals surface area contributed by atoms with Gasteiger partial charge in [-0.3, -0.25) is 9.52 Å². The third-order valence-electron chi connectivity index (χ3n) is 4.71. The minimum atomic E-state index is -3.83. The number of benzene rings is 3. The summed E-state index contributed by atoms with van der Waals surface area (Å²) < 4.78 is 41.1. The van der Waals surface area contributed by atoms with E-state index in [1.54, 1.807) is 36.4 Å². The van der Waals surface area contributed by atoms with Crippen LogP contribution in [-0.2, 0) is 21.2 Å². The van der Waals surface area contributed by atoms with Gasteiger partial charge >= 0.3 is 0 Å². The van der Waals surface area contributed by atoms with E-state index in [2.05, 4.69) is 30.8 Å². The zero-order valence-electron chi connectivity index (χ0n) is 17.6. The molecule has 0 unspecified atom stereocenters. The maximum absolute atomic E-state index is 13.8. The molecular formula is C24H25FN2O3S. The molecule has 0 saturated heterocycles. The summed E-state index contributed by atoms with van der Waals surface area (Å²) in [5.41, 5.74) is 2.41. The molecule has 0 radical (unpaired) electrons. The fourth-order valence-corrected chi connectivity index (χ4v) is 4.22. The van der Waals surface area contributed by atoms with E-state index in [1.807, 2.05) is 12.1 Å². The molecule has 0 bridgehead atoms. The Morgan fingerprint density at radius 3 is 2.19 bits per heavy atom. The van der Waals surface area contributed by atoms with Crippen LogP contribution in [0.4, 0.5) is 15.8 Å². The lowest BCUT2D eigenvalue weighted by molar-refractivity contribution is 0.102. The van der Waals surface area contributed by atoms with Gasteiger partial charge in [0.1, 0.15) is 5.82 Å². The summed E-state index contributed by atoms with van der Waals surface area (Å²) in [5.74, 6) is -1.37. The summed E-state index contributed by atoms with van der Waals surface area (Å²) in [6.07, 6.45) is 0. The van der Waals surface area contributed by atoms with Gasteiger partial charge in [-0.25, -0.2) is 12.8 Å². The highest BCUT2D eigenvalue weighted by molar-refractivity contribution is 7.91. The van der Waals surface area contributed by atoms with Gasteiger partial charge in [0.05, 0.1) is 11.4 Å². The molecule has 5 nitrogen and oxygen atoms in total. The van der Waals surface area contributed by atoms with Gasteiger partial charge in [-0.1, -0.05) is 57.2 Å². The Morgan fingerprint density at radius 1 is 0.903 bits per heavy atom. The third kappa shape index (κ3) is 6.15. The Bertz CT molecular complexity index is 1180. The smallest absolute Gasteiger partial charge is 0.255 e. The van der Waals surface area contributed by atoms with E-state index in [4.69, 9.17) is 0 Å². The first-order valence-electron chi connectivity index (χ1n) is 9.79. The fraction of sp³-hybridized carbons (Fsp3) is 0.208. The van der Waals surface area contributed by atoms with E-state index in [9.17, 15) is 17.6 Å². The van der Waals surface area contributed by atoms with Gasteiger partial charge in [0.15, 0.2) is 0 Å². The first kappa shape index (κ1) is 22.5. The second-order valence-corrected chi connectivity index (χ2v) is 10.0. The minimum absolute atomic E-state index is 0.0108. The first-order chi connectivity index (χ1) is 14.5. The molecule has 0 spiro atoms. The fourth-order valence-electron chi connectivity index (χ4n) is 3.02. The van der Waals surface area contributed by atoms with Crippen molar-refractivity contribution in [3.8, 4) is 0 Å². The standard InChI is InChI=1S/C24H25FN2O3S/c1-24(2,3)19-13-11-17(12-14-19)23(28)26-20-8-6-9-21(15-20)27-31(29,30)16-18-7-4-5-10-22(18)25/h4-15,27H,16H2,1-3H3,(H,26,28). The Morgan fingerprint density at radius 2 is 1.55 bits per heavy atom. The number of nitrogens with one attached hydrogen (secondary N) is 2. The van der Waals surface area contributed by atoms with Crippen molar-refractivity contribution in [3.05, 3.63) is 95.3 Å². The Balaban J connectivity index is 1.70. The molecule has 0 aromatic heterocycles. The van der Waals surface area contributed by atoms with Gasteiger partial charge in [0.25, 0.3) is 5.91 Å². The highest BCUT2D eigenvalue weighted by Gasteiger charge is 2.16. The topological polar surface area (TPSA) is 75.3 Å². The Hall–Kier alpha value is -3.19. The maximum Gasteiger partial charge on any atom is 0.255 e. The van der Waals surface area contributed by atoms with Crippen LogP contribution in [0.5, 0.6) is 0 Å². The predicted octanol–water partition coefficient (Wildman–Crippen LogP) is 5.32. The van der Waals surface area contributed by atoms with Crippen molar-refractivity contribution >= 4 is 27.3 Å². The van der Waals surface area contributed by atoms with Crippen LogP contribution >= 0.6 is 0 Å². The van der Waals surface area contributed by atoms with Gasteiger partial charge in [-0.05, 0) is 47.4 Å². The van der Waals surface area contributed by atoms with Crippen molar-refractivity contribution in [2.45, 2.75) is 31.9 Å². The Kier molecular flexibility index (Phi) is 6.45. The number of sulfonamides is 1. The molecule has 7 heteroatoms. The molecule has 31 heavy (non-hydrogen) atoms. The number of carbonyl (C=O) groups is 1. The number of hydrogen-bond acceptors (Lipinski definition) is 3. The minimum Gasteiger partial charge on any atom is -0.322 e. The summed E-state index contributed by atoms with van der Waals surface area (Å²) in [5, 5.41) is 2.77. The normalized spacial score (nSPS) is 11.7. The van der Waals surface area contributed by atoms with Crippen molar-refractivity contribution in [2.24, 2.45) is 0 Å². The van der Waals surface area contributed by atoms with E-state index < -0.39 is 21.6 Å². The van der Waals surface area contributed by atoms with Crippen LogP contribution in [0.2, 0.25) is 0 Å². The van der Waals surface area contributed by atoms with E-state index in [1.165, 1.54) is 24.3 Å². The van der Waals surface area contributed by atoms with Crippen molar-refractivity contribution in [1.82, 2.24) is 0 Å². The van der Waals surface area contributed by atoms with Gasteiger partial charge in [-0.2, -0.15) is 0 Å². The van der Waals surface area contributed by atoms with Crippen molar-refractivity contribution in [3.63, 3.8) is 0 Å². The average Bonchev–Trinajstić information content (AvgIpc) is 2.69. The molecule has 2 N–H and O–H groups in total. The molecule has 0 saturated carbocycles. The van der Waals surface area contributed by atoms with E-state index >= 15 is 0 Å². The summed E-state index contributed by atoms with van der Waals surface area (Å²) in [6, 6.07) is 19.4. The summed E-state index contributed by atoms with van der Waals surface area (Å²) in [6.45, 7) is 6.29. The van der Waals surface area contributed by atoms with Crippen LogP contribution in [0.3, 0.4) is 0 Å². The van der Waals surface area contributed by atoms with Crippen LogP contribution in [-0.4, -0.2) is 14.3 Å². The molecule has 162 valence electrons. The molecule has 0 aliphatic rings. The molecule has 0 aliphatic heterocycles. The number of carbonyl (C=O) groups excluding carboxylic acids is 1.